The molecular weight excluding hydrogens is 284 g/mol. The van der Waals surface area contributed by atoms with E-state index in [1.54, 1.807) is 42.5 Å². The molecule has 0 bridgehead atoms. The lowest BCUT2D eigenvalue weighted by atomic mass is 10.1. The molecule has 0 amide bonds. The largest absolute Gasteiger partial charge is 0.494 e. The summed E-state index contributed by atoms with van der Waals surface area (Å²) >= 11 is 0. The Morgan fingerprint density at radius 1 is 1.00 bits per heavy atom. The number of para-hydroxylation sites is 1. The van der Waals surface area contributed by atoms with Gasteiger partial charge in [-0.05, 0) is 18.2 Å². The highest BCUT2D eigenvalue weighted by atomic mass is 16.5. The van der Waals surface area contributed by atoms with Crippen molar-refractivity contribution in [2.75, 3.05) is 7.11 Å². The van der Waals surface area contributed by atoms with Crippen LogP contribution in [0.2, 0.25) is 0 Å². The lowest BCUT2D eigenvalue weighted by Gasteiger charge is -2.03. The first-order valence-electron chi connectivity index (χ1n) is 6.50. The Kier molecular flexibility index (Phi) is 3.57. The molecule has 0 aliphatic carbocycles. The fourth-order valence-corrected chi connectivity index (χ4v) is 2.09. The molecule has 0 aliphatic heterocycles. The number of aromatic hydroxyl groups is 1. The first-order valence-corrected chi connectivity index (χ1v) is 6.50. The monoisotopic (exact) mass is 296 g/mol. The van der Waals surface area contributed by atoms with E-state index in [9.17, 15) is 9.90 Å². The number of rotatable bonds is 3. The standard InChI is InChI=1S/C16H12N2O4/c1-21-13-9-5-4-8-12(13)17-18-14-10-6-2-3-7-11(10)15(19)22-16(14)20/h2-9,19H,1H3. The van der Waals surface area contributed by atoms with Gasteiger partial charge in [0.25, 0.3) is 5.95 Å². The average Bonchev–Trinajstić information content (AvgIpc) is 2.55. The quantitative estimate of drug-likeness (QED) is 0.742. The predicted octanol–water partition coefficient (Wildman–Crippen LogP) is 3.92. The third-order valence-electron chi connectivity index (χ3n) is 3.14. The highest BCUT2D eigenvalue weighted by molar-refractivity contribution is 5.94. The van der Waals surface area contributed by atoms with Crippen molar-refractivity contribution in [1.29, 1.82) is 0 Å². The van der Waals surface area contributed by atoms with Gasteiger partial charge in [-0.1, -0.05) is 30.3 Å². The molecule has 3 aromatic rings. The van der Waals surface area contributed by atoms with Gasteiger partial charge >= 0.3 is 5.63 Å². The van der Waals surface area contributed by atoms with E-state index in [0.717, 1.165) is 0 Å². The summed E-state index contributed by atoms with van der Waals surface area (Å²) in [7, 11) is 1.53. The molecule has 3 rings (SSSR count). The van der Waals surface area contributed by atoms with Crippen LogP contribution in [0, 0.1) is 0 Å². The van der Waals surface area contributed by atoms with Gasteiger partial charge in [-0.3, -0.25) is 0 Å². The maximum Gasteiger partial charge on any atom is 0.367 e. The van der Waals surface area contributed by atoms with Gasteiger partial charge in [0.15, 0.2) is 5.69 Å². The Morgan fingerprint density at radius 2 is 1.68 bits per heavy atom. The van der Waals surface area contributed by atoms with Gasteiger partial charge in [-0.25, -0.2) is 4.79 Å². The molecule has 0 aliphatic rings. The number of nitrogens with zero attached hydrogens (tertiary/aromatic N) is 2. The molecule has 0 saturated heterocycles. The number of azo groups is 1. The van der Waals surface area contributed by atoms with Crippen LogP contribution in [0.3, 0.4) is 0 Å². The van der Waals surface area contributed by atoms with Gasteiger partial charge < -0.3 is 14.3 Å². The molecular formula is C16H12N2O4. The SMILES string of the molecule is COc1ccccc1N=Nc1c(=O)oc(O)c2ccccc12. The minimum atomic E-state index is -0.755. The van der Waals surface area contributed by atoms with Crippen molar-refractivity contribution in [2.24, 2.45) is 10.2 Å². The normalized spacial score (nSPS) is 11.1. The molecule has 0 unspecified atom stereocenters. The van der Waals surface area contributed by atoms with Crippen molar-refractivity contribution in [1.82, 2.24) is 0 Å². The average molecular weight is 296 g/mol. The van der Waals surface area contributed by atoms with E-state index < -0.39 is 11.6 Å². The van der Waals surface area contributed by atoms with Crippen LogP contribution in [0.5, 0.6) is 11.7 Å². The van der Waals surface area contributed by atoms with Gasteiger partial charge in [0, 0.05) is 5.39 Å². The minimum absolute atomic E-state index is 0.0271. The van der Waals surface area contributed by atoms with Gasteiger partial charge in [0.1, 0.15) is 11.4 Å². The van der Waals surface area contributed by atoms with E-state index >= 15 is 0 Å². The molecule has 0 saturated carbocycles. The van der Waals surface area contributed by atoms with Crippen molar-refractivity contribution in [3.05, 3.63) is 59.0 Å². The second-order valence-corrected chi connectivity index (χ2v) is 4.46. The number of fused-ring (bicyclic) bond motifs is 1. The summed E-state index contributed by atoms with van der Waals surface area (Å²) in [5.41, 5.74) is -0.240. The summed E-state index contributed by atoms with van der Waals surface area (Å²) in [6.07, 6.45) is 0. The maximum atomic E-state index is 11.9. The molecule has 1 N–H and O–H groups in total. The van der Waals surface area contributed by atoms with Crippen LogP contribution >= 0.6 is 0 Å². The lowest BCUT2D eigenvalue weighted by Crippen LogP contribution is -1.98. The number of methoxy groups -OCH3 is 1. The molecule has 0 atom stereocenters. The van der Waals surface area contributed by atoms with E-state index in [-0.39, 0.29) is 5.69 Å². The summed E-state index contributed by atoms with van der Waals surface area (Å²) in [4.78, 5) is 11.9. The second-order valence-electron chi connectivity index (χ2n) is 4.46. The zero-order valence-electron chi connectivity index (χ0n) is 11.7. The Morgan fingerprint density at radius 3 is 2.45 bits per heavy atom. The van der Waals surface area contributed by atoms with Crippen molar-refractivity contribution < 1.29 is 14.3 Å². The van der Waals surface area contributed by atoms with Gasteiger partial charge in [-0.2, -0.15) is 0 Å². The first-order chi connectivity index (χ1) is 10.7. The molecule has 6 heteroatoms. The Labute approximate surface area is 125 Å². The maximum absolute atomic E-state index is 11.9. The Balaban J connectivity index is 2.15. The summed E-state index contributed by atoms with van der Waals surface area (Å²) in [6.45, 7) is 0. The van der Waals surface area contributed by atoms with Gasteiger partial charge in [0.05, 0.1) is 12.5 Å². The number of benzene rings is 2. The third kappa shape index (κ3) is 2.42. The van der Waals surface area contributed by atoms with Crippen LogP contribution in [-0.2, 0) is 0 Å². The third-order valence-corrected chi connectivity index (χ3v) is 3.14. The number of hydrogen-bond donors (Lipinski definition) is 1. The number of hydrogen-bond acceptors (Lipinski definition) is 6. The van der Waals surface area contributed by atoms with Crippen molar-refractivity contribution in [3.63, 3.8) is 0 Å². The van der Waals surface area contributed by atoms with Crippen LogP contribution in [0.4, 0.5) is 11.4 Å². The molecule has 0 radical (unpaired) electrons. The molecule has 22 heavy (non-hydrogen) atoms. The smallest absolute Gasteiger partial charge is 0.367 e. The molecule has 1 aromatic heterocycles. The predicted molar refractivity (Wildman–Crippen MR) is 81.3 cm³/mol. The molecule has 6 nitrogen and oxygen atoms in total. The van der Waals surface area contributed by atoms with E-state index in [4.69, 9.17) is 9.15 Å². The lowest BCUT2D eigenvalue weighted by molar-refractivity contribution is 0.318. The van der Waals surface area contributed by atoms with E-state index in [1.807, 2.05) is 6.07 Å². The van der Waals surface area contributed by atoms with Crippen LogP contribution < -0.4 is 10.4 Å². The molecule has 0 spiro atoms. The fourth-order valence-electron chi connectivity index (χ4n) is 2.09. The van der Waals surface area contributed by atoms with Gasteiger partial charge in [0.2, 0.25) is 0 Å². The first kappa shape index (κ1) is 13.8. The zero-order valence-corrected chi connectivity index (χ0v) is 11.7. The van der Waals surface area contributed by atoms with Crippen molar-refractivity contribution >= 4 is 22.1 Å². The van der Waals surface area contributed by atoms with Crippen LogP contribution in [0.25, 0.3) is 10.8 Å². The molecule has 0 fully saturated rings. The zero-order chi connectivity index (χ0) is 15.5. The number of ether oxygens (including phenoxy) is 1. The Hall–Kier alpha value is -3.15. The summed E-state index contributed by atoms with van der Waals surface area (Å²) in [6, 6.07) is 13.8. The second kappa shape index (κ2) is 5.69. The van der Waals surface area contributed by atoms with E-state index in [1.165, 1.54) is 7.11 Å². The fraction of sp³-hybridized carbons (Fsp3) is 0.0625. The summed E-state index contributed by atoms with van der Waals surface area (Å²) in [5.74, 6) is 0.107. The van der Waals surface area contributed by atoms with Crippen LogP contribution in [0.1, 0.15) is 0 Å². The highest BCUT2D eigenvalue weighted by Crippen LogP contribution is 2.32. The van der Waals surface area contributed by atoms with Crippen molar-refractivity contribution in [3.8, 4) is 11.7 Å². The molecule has 1 heterocycles. The van der Waals surface area contributed by atoms with E-state index in [2.05, 4.69) is 10.2 Å². The molecule has 2 aromatic carbocycles. The van der Waals surface area contributed by atoms with E-state index in [0.29, 0.717) is 22.2 Å². The highest BCUT2D eigenvalue weighted by Gasteiger charge is 2.12. The topological polar surface area (TPSA) is 84.4 Å². The Bertz CT molecular complexity index is 915. The minimum Gasteiger partial charge on any atom is -0.494 e. The van der Waals surface area contributed by atoms with Gasteiger partial charge in [-0.15, -0.1) is 10.2 Å². The van der Waals surface area contributed by atoms with Crippen LogP contribution in [-0.4, -0.2) is 12.2 Å². The van der Waals surface area contributed by atoms with Crippen molar-refractivity contribution in [2.45, 2.75) is 0 Å². The summed E-state index contributed by atoms with van der Waals surface area (Å²) < 4.78 is 9.96. The summed E-state index contributed by atoms with van der Waals surface area (Å²) in [5, 5.41) is 18.6. The molecule has 110 valence electrons. The van der Waals surface area contributed by atoms with Crippen LogP contribution in [0.15, 0.2) is 68.0 Å².